The Morgan fingerprint density at radius 2 is 1.96 bits per heavy atom. The fourth-order valence-corrected chi connectivity index (χ4v) is 4.00. The van der Waals surface area contributed by atoms with Gasteiger partial charge in [0.1, 0.15) is 10.6 Å². The second-order valence-electron chi connectivity index (χ2n) is 5.21. The summed E-state index contributed by atoms with van der Waals surface area (Å²) in [6.07, 6.45) is 0. The third-order valence-electron chi connectivity index (χ3n) is 3.66. The molecule has 0 saturated carbocycles. The van der Waals surface area contributed by atoms with Gasteiger partial charge in [-0.1, -0.05) is 5.16 Å². The number of aryl methyl sites for hydroxylation is 1. The number of nitrogens with zero attached hydrogens (tertiary/aromatic N) is 2. The minimum absolute atomic E-state index is 0.141. The smallest absolute Gasteiger partial charge is 0.246 e. The molecule has 2 aromatic rings. The van der Waals surface area contributed by atoms with Crippen LogP contribution in [-0.2, 0) is 14.8 Å². The molecule has 0 bridgehead atoms. The molecule has 0 spiro atoms. The lowest BCUT2D eigenvalue weighted by Gasteiger charge is -2.26. The highest BCUT2D eigenvalue weighted by atomic mass is 32.2. The van der Waals surface area contributed by atoms with E-state index >= 15 is 0 Å². The standard InChI is InChI=1S/C15H18N2O5S/c1-11-9-13(22-16-11)12-3-4-15(14(10-12)20-2)23(18,19)17-5-7-21-8-6-17/h3-4,9-10H,5-8H2,1-2H3. The summed E-state index contributed by atoms with van der Waals surface area (Å²) >= 11 is 0. The molecule has 23 heavy (non-hydrogen) atoms. The lowest BCUT2D eigenvalue weighted by atomic mass is 10.1. The third-order valence-corrected chi connectivity index (χ3v) is 5.60. The molecule has 1 saturated heterocycles. The van der Waals surface area contributed by atoms with E-state index in [-0.39, 0.29) is 10.6 Å². The number of morpholine rings is 1. The number of hydrogen-bond donors (Lipinski definition) is 0. The van der Waals surface area contributed by atoms with Crippen LogP contribution in [0.2, 0.25) is 0 Å². The summed E-state index contributed by atoms with van der Waals surface area (Å²) in [4.78, 5) is 0.141. The molecule has 0 N–H and O–H groups in total. The van der Waals surface area contributed by atoms with E-state index in [2.05, 4.69) is 5.16 Å². The van der Waals surface area contributed by atoms with Crippen LogP contribution in [0.4, 0.5) is 0 Å². The molecule has 1 fully saturated rings. The second-order valence-corrected chi connectivity index (χ2v) is 7.12. The first-order valence-electron chi connectivity index (χ1n) is 7.22. The highest BCUT2D eigenvalue weighted by Crippen LogP contribution is 2.32. The van der Waals surface area contributed by atoms with Crippen molar-refractivity contribution in [3.05, 3.63) is 30.0 Å². The van der Waals surface area contributed by atoms with Crippen LogP contribution in [0.3, 0.4) is 0 Å². The van der Waals surface area contributed by atoms with Gasteiger partial charge in [-0.15, -0.1) is 0 Å². The normalized spacial score (nSPS) is 16.4. The predicted octanol–water partition coefficient (Wildman–Crippen LogP) is 1.68. The second kappa shape index (κ2) is 6.31. The van der Waals surface area contributed by atoms with Crippen molar-refractivity contribution in [1.82, 2.24) is 9.46 Å². The van der Waals surface area contributed by atoms with E-state index in [0.717, 1.165) is 5.69 Å². The first kappa shape index (κ1) is 16.0. The Labute approximate surface area is 134 Å². The van der Waals surface area contributed by atoms with Crippen molar-refractivity contribution in [3.63, 3.8) is 0 Å². The predicted molar refractivity (Wildman–Crippen MR) is 82.8 cm³/mol. The van der Waals surface area contributed by atoms with Gasteiger partial charge >= 0.3 is 0 Å². The molecule has 1 aliphatic heterocycles. The van der Waals surface area contributed by atoms with Crippen LogP contribution in [0.5, 0.6) is 5.75 Å². The van der Waals surface area contributed by atoms with Gasteiger partial charge in [-0.05, 0) is 25.1 Å². The van der Waals surface area contributed by atoms with E-state index < -0.39 is 10.0 Å². The Kier molecular flexibility index (Phi) is 4.38. The first-order valence-corrected chi connectivity index (χ1v) is 8.66. The van der Waals surface area contributed by atoms with E-state index in [1.165, 1.54) is 17.5 Å². The Balaban J connectivity index is 1.99. The summed E-state index contributed by atoms with van der Waals surface area (Å²) in [5, 5.41) is 3.84. The summed E-state index contributed by atoms with van der Waals surface area (Å²) in [6, 6.07) is 6.66. The van der Waals surface area contributed by atoms with Crippen molar-refractivity contribution in [2.24, 2.45) is 0 Å². The molecule has 0 radical (unpaired) electrons. The zero-order chi connectivity index (χ0) is 16.4. The Morgan fingerprint density at radius 1 is 1.22 bits per heavy atom. The topological polar surface area (TPSA) is 81.9 Å². The van der Waals surface area contributed by atoms with Gasteiger partial charge in [0.25, 0.3) is 0 Å². The molecule has 3 rings (SSSR count). The molecular weight excluding hydrogens is 320 g/mol. The molecule has 124 valence electrons. The number of methoxy groups -OCH3 is 1. The van der Waals surface area contributed by atoms with Crippen molar-refractivity contribution >= 4 is 10.0 Å². The lowest BCUT2D eigenvalue weighted by molar-refractivity contribution is 0.0729. The number of rotatable bonds is 4. The van der Waals surface area contributed by atoms with Gasteiger partial charge in [0.05, 0.1) is 26.0 Å². The molecule has 7 nitrogen and oxygen atoms in total. The van der Waals surface area contributed by atoms with Crippen LogP contribution in [0.25, 0.3) is 11.3 Å². The van der Waals surface area contributed by atoms with Gasteiger partial charge in [0.2, 0.25) is 10.0 Å². The van der Waals surface area contributed by atoms with E-state index in [1.807, 2.05) is 6.92 Å². The van der Waals surface area contributed by atoms with Crippen molar-refractivity contribution < 1.29 is 22.4 Å². The van der Waals surface area contributed by atoms with Gasteiger partial charge in [-0.2, -0.15) is 4.31 Å². The van der Waals surface area contributed by atoms with Crippen LogP contribution in [0, 0.1) is 6.92 Å². The summed E-state index contributed by atoms with van der Waals surface area (Å²) in [5.41, 5.74) is 1.47. The van der Waals surface area contributed by atoms with Gasteiger partial charge in [0, 0.05) is 24.7 Å². The van der Waals surface area contributed by atoms with Crippen LogP contribution < -0.4 is 4.74 Å². The maximum absolute atomic E-state index is 12.8. The molecule has 1 aromatic heterocycles. The van der Waals surface area contributed by atoms with Gasteiger partial charge in [-0.25, -0.2) is 8.42 Å². The lowest BCUT2D eigenvalue weighted by Crippen LogP contribution is -2.40. The highest BCUT2D eigenvalue weighted by molar-refractivity contribution is 7.89. The van der Waals surface area contributed by atoms with Crippen LogP contribution in [0.15, 0.2) is 33.7 Å². The molecule has 8 heteroatoms. The van der Waals surface area contributed by atoms with Crippen molar-refractivity contribution in [1.29, 1.82) is 0 Å². The zero-order valence-electron chi connectivity index (χ0n) is 13.0. The highest BCUT2D eigenvalue weighted by Gasteiger charge is 2.29. The van der Waals surface area contributed by atoms with E-state index in [0.29, 0.717) is 37.6 Å². The van der Waals surface area contributed by atoms with E-state index in [9.17, 15) is 8.42 Å². The first-order chi connectivity index (χ1) is 11.0. The number of aromatic nitrogens is 1. The molecule has 2 heterocycles. The largest absolute Gasteiger partial charge is 0.495 e. The molecule has 0 atom stereocenters. The maximum atomic E-state index is 12.8. The van der Waals surface area contributed by atoms with Gasteiger partial charge in [0.15, 0.2) is 5.76 Å². The molecule has 0 amide bonds. The van der Waals surface area contributed by atoms with Crippen molar-refractivity contribution in [2.75, 3.05) is 33.4 Å². The van der Waals surface area contributed by atoms with Crippen LogP contribution >= 0.6 is 0 Å². The number of benzene rings is 1. The van der Waals surface area contributed by atoms with Crippen molar-refractivity contribution in [2.45, 2.75) is 11.8 Å². The molecule has 1 aliphatic rings. The Hall–Kier alpha value is -1.90. The summed E-state index contributed by atoms with van der Waals surface area (Å²) in [6.45, 7) is 3.30. The number of hydrogen-bond acceptors (Lipinski definition) is 6. The quantitative estimate of drug-likeness (QED) is 0.843. The monoisotopic (exact) mass is 338 g/mol. The maximum Gasteiger partial charge on any atom is 0.246 e. The zero-order valence-corrected chi connectivity index (χ0v) is 13.8. The Bertz CT molecular complexity index is 794. The average molecular weight is 338 g/mol. The fourth-order valence-electron chi connectivity index (χ4n) is 2.46. The summed E-state index contributed by atoms with van der Waals surface area (Å²) < 4.78 is 42.7. The molecule has 0 aliphatic carbocycles. The molecule has 0 unspecified atom stereocenters. The Morgan fingerprint density at radius 3 is 2.57 bits per heavy atom. The van der Waals surface area contributed by atoms with Gasteiger partial charge in [-0.3, -0.25) is 0 Å². The molecule has 1 aromatic carbocycles. The molecular formula is C15H18N2O5S. The minimum Gasteiger partial charge on any atom is -0.495 e. The summed E-state index contributed by atoms with van der Waals surface area (Å²) in [5.74, 6) is 0.846. The number of sulfonamides is 1. The van der Waals surface area contributed by atoms with Crippen molar-refractivity contribution in [3.8, 4) is 17.1 Å². The van der Waals surface area contributed by atoms with Crippen LogP contribution in [-0.4, -0.2) is 51.3 Å². The van der Waals surface area contributed by atoms with E-state index in [1.54, 1.807) is 18.2 Å². The van der Waals surface area contributed by atoms with Crippen LogP contribution in [0.1, 0.15) is 5.69 Å². The van der Waals surface area contributed by atoms with Gasteiger partial charge < -0.3 is 14.0 Å². The summed E-state index contributed by atoms with van der Waals surface area (Å²) in [7, 11) is -2.17. The fraction of sp³-hybridized carbons (Fsp3) is 0.400. The van der Waals surface area contributed by atoms with E-state index in [4.69, 9.17) is 14.0 Å². The average Bonchev–Trinajstić information content (AvgIpc) is 3.01. The number of ether oxygens (including phenoxy) is 2. The minimum atomic E-state index is -3.62. The third kappa shape index (κ3) is 3.10. The SMILES string of the molecule is COc1cc(-c2cc(C)no2)ccc1S(=O)(=O)N1CCOCC1.